The molecule has 0 amide bonds. The quantitative estimate of drug-likeness (QED) is 0.833. The molecule has 0 aliphatic heterocycles. The summed E-state index contributed by atoms with van der Waals surface area (Å²) in [4.78, 5) is 23.4. The van der Waals surface area contributed by atoms with Crippen LogP contribution in [0.25, 0.3) is 5.69 Å². The molecule has 0 saturated carbocycles. The highest BCUT2D eigenvalue weighted by Gasteiger charge is 2.24. The number of aromatic carboxylic acids is 1. The number of carbonyl (C=O) groups is 2. The largest absolute Gasteiger partial charge is 0.478 e. The number of methoxy groups -OCH3 is 1. The van der Waals surface area contributed by atoms with Crippen molar-refractivity contribution in [2.24, 2.45) is 0 Å². The second kappa shape index (κ2) is 5.61. The van der Waals surface area contributed by atoms with E-state index in [1.54, 1.807) is 19.1 Å². The molecule has 112 valence electrons. The number of nitriles is 1. The first kappa shape index (κ1) is 15.1. The zero-order valence-electron chi connectivity index (χ0n) is 12.0. The molecule has 3 N–H and O–H groups in total. The van der Waals surface area contributed by atoms with Gasteiger partial charge in [0.25, 0.3) is 0 Å². The lowest BCUT2D eigenvalue weighted by molar-refractivity contribution is 0.0591. The third-order valence-electron chi connectivity index (χ3n) is 3.19. The van der Waals surface area contributed by atoms with Crippen LogP contribution in [0.15, 0.2) is 24.4 Å². The Balaban J connectivity index is 2.81. The molecule has 0 radical (unpaired) electrons. The predicted molar refractivity (Wildman–Crippen MR) is 77.9 cm³/mol. The van der Waals surface area contributed by atoms with E-state index in [4.69, 9.17) is 11.0 Å². The van der Waals surface area contributed by atoms with Gasteiger partial charge >= 0.3 is 11.9 Å². The van der Waals surface area contributed by atoms with E-state index < -0.39 is 11.9 Å². The summed E-state index contributed by atoms with van der Waals surface area (Å²) in [6.45, 7) is 1.75. The van der Waals surface area contributed by atoms with Crippen molar-refractivity contribution in [1.29, 1.82) is 5.26 Å². The van der Waals surface area contributed by atoms with E-state index in [2.05, 4.69) is 4.74 Å². The lowest BCUT2D eigenvalue weighted by atomic mass is 10.1. The topological polar surface area (TPSA) is 118 Å². The number of esters is 1. The molecular weight excluding hydrogens is 286 g/mol. The van der Waals surface area contributed by atoms with Crippen LogP contribution >= 0.6 is 0 Å². The number of aromatic nitrogens is 1. The summed E-state index contributed by atoms with van der Waals surface area (Å²) in [5.74, 6) is -1.91. The van der Waals surface area contributed by atoms with Crippen molar-refractivity contribution in [3.63, 3.8) is 0 Å². The third kappa shape index (κ3) is 2.38. The maximum Gasteiger partial charge on any atom is 0.357 e. The van der Waals surface area contributed by atoms with Crippen molar-refractivity contribution in [2.75, 3.05) is 12.8 Å². The monoisotopic (exact) mass is 299 g/mol. The van der Waals surface area contributed by atoms with Crippen molar-refractivity contribution in [3.05, 3.63) is 46.8 Å². The van der Waals surface area contributed by atoms with Gasteiger partial charge in [-0.3, -0.25) is 0 Å². The normalized spacial score (nSPS) is 10.0. The van der Waals surface area contributed by atoms with E-state index in [-0.39, 0.29) is 28.2 Å². The number of nitrogens with two attached hydrogens (primary N) is 1. The van der Waals surface area contributed by atoms with E-state index in [1.807, 2.05) is 6.07 Å². The highest BCUT2D eigenvalue weighted by atomic mass is 16.5. The van der Waals surface area contributed by atoms with Crippen LogP contribution in [0.2, 0.25) is 0 Å². The van der Waals surface area contributed by atoms with E-state index >= 15 is 0 Å². The van der Waals surface area contributed by atoms with Gasteiger partial charge in [-0.2, -0.15) is 5.26 Å². The van der Waals surface area contributed by atoms with Crippen LogP contribution in [0, 0.1) is 18.3 Å². The van der Waals surface area contributed by atoms with Gasteiger partial charge in [0, 0.05) is 6.20 Å². The first-order valence-electron chi connectivity index (χ1n) is 6.24. The second-order valence-corrected chi connectivity index (χ2v) is 4.60. The Kier molecular flexibility index (Phi) is 3.86. The number of hydrogen-bond acceptors (Lipinski definition) is 5. The van der Waals surface area contributed by atoms with Gasteiger partial charge in [-0.05, 0) is 19.1 Å². The van der Waals surface area contributed by atoms with Gasteiger partial charge in [-0.1, -0.05) is 11.6 Å². The van der Waals surface area contributed by atoms with Crippen LogP contribution in [0.1, 0.15) is 32.0 Å². The van der Waals surface area contributed by atoms with Gasteiger partial charge in [0.05, 0.1) is 29.6 Å². The molecule has 7 nitrogen and oxygen atoms in total. The van der Waals surface area contributed by atoms with Crippen LogP contribution in [0.3, 0.4) is 0 Å². The number of ether oxygens (including phenoxy) is 1. The molecule has 0 atom stereocenters. The molecule has 2 rings (SSSR count). The molecule has 0 aliphatic carbocycles. The van der Waals surface area contributed by atoms with E-state index in [0.717, 1.165) is 5.56 Å². The maximum absolute atomic E-state index is 11.9. The number of carbonyl (C=O) groups excluding carboxylic acids is 1. The Morgan fingerprint density at radius 2 is 2.09 bits per heavy atom. The number of carboxylic acids is 1. The number of benzene rings is 1. The predicted octanol–water partition coefficient (Wildman–Crippen LogP) is 1.72. The summed E-state index contributed by atoms with van der Waals surface area (Å²) in [6.07, 6.45) is 1.32. The third-order valence-corrected chi connectivity index (χ3v) is 3.19. The van der Waals surface area contributed by atoms with Gasteiger partial charge in [-0.15, -0.1) is 0 Å². The molecule has 0 spiro atoms. The second-order valence-electron chi connectivity index (χ2n) is 4.60. The van der Waals surface area contributed by atoms with E-state index in [9.17, 15) is 14.7 Å². The number of aryl methyl sites for hydroxylation is 1. The lowest BCUT2D eigenvalue weighted by Gasteiger charge is -2.12. The van der Waals surface area contributed by atoms with Crippen LogP contribution < -0.4 is 5.73 Å². The first-order chi connectivity index (χ1) is 10.4. The van der Waals surface area contributed by atoms with Crippen molar-refractivity contribution in [2.45, 2.75) is 6.92 Å². The minimum absolute atomic E-state index is 0.00959. The molecule has 0 bridgehead atoms. The Morgan fingerprint density at radius 1 is 1.41 bits per heavy atom. The van der Waals surface area contributed by atoms with Crippen molar-refractivity contribution < 1.29 is 19.4 Å². The SMILES string of the molecule is COC(=O)c1c(N)c(C#N)cn1-c1ccc(C)cc1C(=O)O. The van der Waals surface area contributed by atoms with Gasteiger partial charge in [0.1, 0.15) is 6.07 Å². The summed E-state index contributed by atoms with van der Waals surface area (Å²) in [7, 11) is 1.18. The number of nitrogen functional groups attached to an aromatic ring is 1. The molecule has 1 aromatic carbocycles. The highest BCUT2D eigenvalue weighted by molar-refractivity contribution is 5.98. The van der Waals surface area contributed by atoms with Crippen LogP contribution in [-0.2, 0) is 4.74 Å². The Bertz CT molecular complexity index is 815. The molecule has 0 unspecified atom stereocenters. The van der Waals surface area contributed by atoms with Gasteiger partial charge in [-0.25, -0.2) is 9.59 Å². The molecular formula is C15H13N3O4. The fourth-order valence-corrected chi connectivity index (χ4v) is 2.14. The molecule has 1 aromatic heterocycles. The number of hydrogen-bond donors (Lipinski definition) is 2. The molecule has 7 heteroatoms. The average Bonchev–Trinajstić information content (AvgIpc) is 2.83. The standard InChI is InChI=1S/C15H13N3O4/c1-8-3-4-11(10(5-8)14(19)20)18-7-9(6-16)12(17)13(18)15(21)22-2/h3-5,7H,17H2,1-2H3,(H,19,20). The van der Waals surface area contributed by atoms with E-state index in [1.165, 1.54) is 23.9 Å². The summed E-state index contributed by atoms with van der Waals surface area (Å²) in [5, 5.41) is 18.4. The molecule has 0 saturated heterocycles. The first-order valence-corrected chi connectivity index (χ1v) is 6.24. The van der Waals surface area contributed by atoms with Gasteiger partial charge < -0.3 is 20.1 Å². The summed E-state index contributed by atoms with van der Waals surface area (Å²) < 4.78 is 5.93. The Labute approximate surface area is 126 Å². The summed E-state index contributed by atoms with van der Waals surface area (Å²) in [6, 6.07) is 6.58. The van der Waals surface area contributed by atoms with Crippen LogP contribution in [0.4, 0.5) is 5.69 Å². The molecule has 1 heterocycles. The minimum atomic E-state index is -1.15. The summed E-state index contributed by atoms with van der Waals surface area (Å²) in [5.41, 5.74) is 6.70. The van der Waals surface area contributed by atoms with Gasteiger partial charge in [0.15, 0.2) is 5.69 Å². The van der Waals surface area contributed by atoms with Crippen molar-refractivity contribution >= 4 is 17.6 Å². The van der Waals surface area contributed by atoms with E-state index in [0.29, 0.717) is 0 Å². The van der Waals surface area contributed by atoms with Crippen molar-refractivity contribution in [1.82, 2.24) is 4.57 Å². The number of carboxylic acid groups (broad SMARTS) is 1. The molecule has 0 fully saturated rings. The number of anilines is 1. The zero-order chi connectivity index (χ0) is 16.4. The zero-order valence-corrected chi connectivity index (χ0v) is 12.0. The fraction of sp³-hybridized carbons (Fsp3) is 0.133. The van der Waals surface area contributed by atoms with Crippen LogP contribution in [-0.4, -0.2) is 28.7 Å². The minimum Gasteiger partial charge on any atom is -0.478 e. The van der Waals surface area contributed by atoms with Crippen LogP contribution in [0.5, 0.6) is 0 Å². The van der Waals surface area contributed by atoms with Crippen molar-refractivity contribution in [3.8, 4) is 11.8 Å². The fourth-order valence-electron chi connectivity index (χ4n) is 2.14. The Morgan fingerprint density at radius 3 is 2.64 bits per heavy atom. The summed E-state index contributed by atoms with van der Waals surface area (Å²) >= 11 is 0. The maximum atomic E-state index is 11.9. The Hall–Kier alpha value is -3.27. The number of rotatable bonds is 3. The molecule has 2 aromatic rings. The molecule has 0 aliphatic rings. The smallest absolute Gasteiger partial charge is 0.357 e. The lowest BCUT2D eigenvalue weighted by Crippen LogP contribution is -2.13. The number of nitrogens with zero attached hydrogens (tertiary/aromatic N) is 2. The average molecular weight is 299 g/mol. The van der Waals surface area contributed by atoms with Gasteiger partial charge in [0.2, 0.25) is 0 Å². The molecule has 22 heavy (non-hydrogen) atoms. The highest BCUT2D eigenvalue weighted by Crippen LogP contribution is 2.27.